The third kappa shape index (κ3) is 3.12. The number of phenolic OH excluding ortho intramolecular Hbond substituents is 2. The smallest absolute Gasteiger partial charge is 0.259 e. The monoisotopic (exact) mass is 237 g/mol. The summed E-state index contributed by atoms with van der Waals surface area (Å²) in [4.78, 5) is 11.9. The first-order chi connectivity index (χ1) is 7.97. The molecule has 0 spiro atoms. The molecule has 0 aromatic heterocycles. The molecule has 0 fully saturated rings. The van der Waals surface area contributed by atoms with E-state index >= 15 is 0 Å². The Morgan fingerprint density at radius 1 is 1.29 bits per heavy atom. The summed E-state index contributed by atoms with van der Waals surface area (Å²) < 4.78 is 0. The Bertz CT molecular complexity index is 383. The van der Waals surface area contributed by atoms with Crippen LogP contribution in [0.25, 0.3) is 0 Å². The van der Waals surface area contributed by atoms with Crippen LogP contribution in [0.1, 0.15) is 37.6 Å². The predicted octanol–water partition coefficient (Wildman–Crippen LogP) is 2.26. The maximum atomic E-state index is 11.9. The molecule has 0 saturated carbocycles. The van der Waals surface area contributed by atoms with E-state index in [9.17, 15) is 15.0 Å². The number of carbonyl (C=O) groups excluding carboxylic acids is 1. The number of hydrogen-bond acceptors (Lipinski definition) is 3. The van der Waals surface area contributed by atoms with E-state index in [1.54, 1.807) is 0 Å². The van der Waals surface area contributed by atoms with Crippen molar-refractivity contribution in [2.75, 3.05) is 0 Å². The molecule has 0 aliphatic heterocycles. The lowest BCUT2D eigenvalue weighted by Gasteiger charge is -2.20. The number of nitrogens with one attached hydrogen (secondary N) is 1. The van der Waals surface area contributed by atoms with Gasteiger partial charge in [0.2, 0.25) is 0 Å². The first kappa shape index (κ1) is 13.4. The van der Waals surface area contributed by atoms with Crippen molar-refractivity contribution in [3.05, 3.63) is 23.8 Å². The van der Waals surface area contributed by atoms with Crippen molar-refractivity contribution < 1.29 is 15.0 Å². The summed E-state index contributed by atoms with van der Waals surface area (Å²) in [6.07, 6.45) is 0.953. The fourth-order valence-electron chi connectivity index (χ4n) is 1.54. The highest BCUT2D eigenvalue weighted by Gasteiger charge is 2.19. The van der Waals surface area contributed by atoms with E-state index in [1.165, 1.54) is 18.2 Å². The summed E-state index contributed by atoms with van der Waals surface area (Å²) in [5.74, 6) is -0.530. The second-order valence-corrected chi connectivity index (χ2v) is 4.32. The van der Waals surface area contributed by atoms with E-state index in [4.69, 9.17) is 0 Å². The Morgan fingerprint density at radius 3 is 2.29 bits per heavy atom. The molecule has 0 bridgehead atoms. The first-order valence-corrected chi connectivity index (χ1v) is 5.79. The highest BCUT2D eigenvalue weighted by molar-refractivity contribution is 5.99. The second kappa shape index (κ2) is 5.57. The van der Waals surface area contributed by atoms with Crippen molar-refractivity contribution in [1.82, 2.24) is 5.32 Å². The number of hydrogen-bond donors (Lipinski definition) is 3. The van der Waals surface area contributed by atoms with E-state index in [0.717, 1.165) is 6.42 Å². The van der Waals surface area contributed by atoms with Gasteiger partial charge in [0.25, 0.3) is 5.91 Å². The van der Waals surface area contributed by atoms with Gasteiger partial charge in [0.1, 0.15) is 17.1 Å². The van der Waals surface area contributed by atoms with Gasteiger partial charge in [0.05, 0.1) is 0 Å². The summed E-state index contributed by atoms with van der Waals surface area (Å²) in [6, 6.07) is 4.23. The standard InChI is InChI=1S/C13H19NO3/c1-4-8(2)9(3)14-13(17)12-10(15)6-5-7-11(12)16/h5-9,15-16H,4H2,1-3H3,(H,14,17). The number of benzene rings is 1. The molecule has 4 heteroatoms. The van der Waals surface area contributed by atoms with Crippen molar-refractivity contribution in [2.24, 2.45) is 5.92 Å². The Kier molecular flexibility index (Phi) is 4.37. The highest BCUT2D eigenvalue weighted by Crippen LogP contribution is 2.26. The molecule has 94 valence electrons. The van der Waals surface area contributed by atoms with Crippen LogP contribution in [-0.4, -0.2) is 22.2 Å². The Morgan fingerprint density at radius 2 is 1.82 bits per heavy atom. The van der Waals surface area contributed by atoms with Gasteiger partial charge in [-0.25, -0.2) is 0 Å². The van der Waals surface area contributed by atoms with Crippen LogP contribution in [0.3, 0.4) is 0 Å². The number of amides is 1. The molecular weight excluding hydrogens is 218 g/mol. The van der Waals surface area contributed by atoms with E-state index in [-0.39, 0.29) is 23.1 Å². The normalized spacial score (nSPS) is 14.1. The minimum absolute atomic E-state index is 0.00786. The van der Waals surface area contributed by atoms with Crippen LogP contribution >= 0.6 is 0 Å². The molecule has 3 N–H and O–H groups in total. The van der Waals surface area contributed by atoms with Crippen molar-refractivity contribution in [3.8, 4) is 11.5 Å². The van der Waals surface area contributed by atoms with Crippen LogP contribution in [0.15, 0.2) is 18.2 Å². The largest absolute Gasteiger partial charge is 0.507 e. The van der Waals surface area contributed by atoms with E-state index < -0.39 is 5.91 Å². The molecule has 1 aromatic rings. The zero-order valence-electron chi connectivity index (χ0n) is 10.4. The molecule has 0 aliphatic rings. The molecule has 1 rings (SSSR count). The number of phenols is 2. The molecular formula is C13H19NO3. The quantitative estimate of drug-likeness (QED) is 0.752. The van der Waals surface area contributed by atoms with Crippen LogP contribution in [0, 0.1) is 5.92 Å². The van der Waals surface area contributed by atoms with E-state index in [1.807, 2.05) is 20.8 Å². The van der Waals surface area contributed by atoms with Gasteiger partial charge in [-0.2, -0.15) is 0 Å². The first-order valence-electron chi connectivity index (χ1n) is 5.79. The minimum atomic E-state index is -0.451. The molecule has 0 aliphatic carbocycles. The third-order valence-corrected chi connectivity index (χ3v) is 3.10. The summed E-state index contributed by atoms with van der Waals surface area (Å²) in [5.41, 5.74) is -0.0670. The molecule has 0 saturated heterocycles. The van der Waals surface area contributed by atoms with Crippen LogP contribution < -0.4 is 5.32 Å². The average molecular weight is 237 g/mol. The maximum Gasteiger partial charge on any atom is 0.259 e. The summed E-state index contributed by atoms with van der Waals surface area (Å²) in [7, 11) is 0. The molecule has 0 radical (unpaired) electrons. The molecule has 1 amide bonds. The number of rotatable bonds is 4. The van der Waals surface area contributed by atoms with Crippen LogP contribution in [-0.2, 0) is 0 Å². The lowest BCUT2D eigenvalue weighted by molar-refractivity contribution is 0.0922. The number of carbonyl (C=O) groups is 1. The van der Waals surface area contributed by atoms with E-state index in [2.05, 4.69) is 5.32 Å². The third-order valence-electron chi connectivity index (χ3n) is 3.10. The average Bonchev–Trinajstić information content (AvgIpc) is 2.27. The van der Waals surface area contributed by atoms with E-state index in [0.29, 0.717) is 5.92 Å². The van der Waals surface area contributed by atoms with Gasteiger partial charge in [-0.15, -0.1) is 0 Å². The van der Waals surface area contributed by atoms with Crippen LogP contribution in [0.5, 0.6) is 11.5 Å². The van der Waals surface area contributed by atoms with Gasteiger partial charge in [-0.05, 0) is 25.0 Å². The van der Waals surface area contributed by atoms with Crippen LogP contribution in [0.2, 0.25) is 0 Å². The van der Waals surface area contributed by atoms with Gasteiger partial charge < -0.3 is 15.5 Å². The van der Waals surface area contributed by atoms with Gasteiger partial charge in [0.15, 0.2) is 0 Å². The highest BCUT2D eigenvalue weighted by atomic mass is 16.3. The van der Waals surface area contributed by atoms with Gasteiger partial charge in [0, 0.05) is 6.04 Å². The summed E-state index contributed by atoms with van der Waals surface area (Å²) in [6.45, 7) is 5.99. The fourth-order valence-corrected chi connectivity index (χ4v) is 1.54. The SMILES string of the molecule is CCC(C)C(C)NC(=O)c1c(O)cccc1O. The summed E-state index contributed by atoms with van der Waals surface area (Å²) >= 11 is 0. The van der Waals surface area contributed by atoms with Crippen LogP contribution in [0.4, 0.5) is 0 Å². The maximum absolute atomic E-state index is 11.9. The Balaban J connectivity index is 2.84. The van der Waals surface area contributed by atoms with Crippen molar-refractivity contribution >= 4 is 5.91 Å². The van der Waals surface area contributed by atoms with Gasteiger partial charge in [-0.3, -0.25) is 4.79 Å². The van der Waals surface area contributed by atoms with Gasteiger partial charge >= 0.3 is 0 Å². The molecule has 17 heavy (non-hydrogen) atoms. The molecule has 2 unspecified atom stereocenters. The molecule has 2 atom stereocenters. The predicted molar refractivity (Wildman–Crippen MR) is 66.2 cm³/mol. The second-order valence-electron chi connectivity index (χ2n) is 4.32. The minimum Gasteiger partial charge on any atom is -0.507 e. The summed E-state index contributed by atoms with van der Waals surface area (Å²) in [5, 5.41) is 21.9. The molecule has 4 nitrogen and oxygen atoms in total. The molecule has 0 heterocycles. The van der Waals surface area contributed by atoms with Crippen molar-refractivity contribution in [2.45, 2.75) is 33.2 Å². The number of aromatic hydroxyl groups is 2. The fraction of sp³-hybridized carbons (Fsp3) is 0.462. The zero-order chi connectivity index (χ0) is 13.0. The topological polar surface area (TPSA) is 69.6 Å². The van der Waals surface area contributed by atoms with Crippen molar-refractivity contribution in [3.63, 3.8) is 0 Å². The molecule has 1 aromatic carbocycles. The van der Waals surface area contributed by atoms with Gasteiger partial charge in [-0.1, -0.05) is 26.3 Å². The Hall–Kier alpha value is -1.71. The van der Waals surface area contributed by atoms with Crippen molar-refractivity contribution in [1.29, 1.82) is 0 Å². The Labute approximate surface area is 101 Å². The lowest BCUT2D eigenvalue weighted by atomic mass is 10.0. The lowest BCUT2D eigenvalue weighted by Crippen LogP contribution is -2.36. The zero-order valence-corrected chi connectivity index (χ0v) is 10.4.